The number of amidine groups is 1. The van der Waals surface area contributed by atoms with Crippen LogP contribution in [-0.2, 0) is 14.8 Å². The second-order valence-electron chi connectivity index (χ2n) is 6.94. The monoisotopic (exact) mass is 534 g/mol. The Labute approximate surface area is 209 Å². The highest BCUT2D eigenvalue weighted by Crippen LogP contribution is 2.39. The molecule has 13 nitrogen and oxygen atoms in total. The van der Waals surface area contributed by atoms with E-state index in [1.54, 1.807) is 0 Å². The quantitative estimate of drug-likeness (QED) is 0.201. The molecule has 36 heavy (non-hydrogen) atoms. The minimum atomic E-state index is -4.35. The van der Waals surface area contributed by atoms with Crippen LogP contribution >= 0.6 is 11.8 Å². The molecule has 0 atom stereocenters. The van der Waals surface area contributed by atoms with Gasteiger partial charge in [0.05, 0.1) is 45.5 Å². The number of rotatable bonds is 9. The van der Waals surface area contributed by atoms with Gasteiger partial charge in [-0.05, 0) is 36.0 Å². The van der Waals surface area contributed by atoms with Crippen molar-refractivity contribution in [3.05, 3.63) is 79.8 Å². The minimum Gasteiger partial charge on any atom is -0.493 e. The molecule has 2 aromatic carbocycles. The zero-order valence-electron chi connectivity index (χ0n) is 18.8. The van der Waals surface area contributed by atoms with Crippen molar-refractivity contribution in [2.24, 2.45) is 4.40 Å². The first kappa shape index (κ1) is 26.4. The van der Waals surface area contributed by atoms with Crippen molar-refractivity contribution in [1.29, 1.82) is 0 Å². The van der Waals surface area contributed by atoms with Crippen LogP contribution in [0.15, 0.2) is 63.3 Å². The fourth-order valence-electron chi connectivity index (χ4n) is 3.06. The highest BCUT2D eigenvalue weighted by atomic mass is 32.2. The van der Waals surface area contributed by atoms with E-state index in [-0.39, 0.29) is 50.0 Å². The van der Waals surface area contributed by atoms with Crippen molar-refractivity contribution in [3.8, 4) is 11.5 Å². The van der Waals surface area contributed by atoms with E-state index in [4.69, 9.17) is 9.47 Å². The van der Waals surface area contributed by atoms with Crippen LogP contribution in [0.2, 0.25) is 0 Å². The number of ether oxygens (including phenoxy) is 2. The summed E-state index contributed by atoms with van der Waals surface area (Å²) < 4.78 is 39.6. The zero-order valence-corrected chi connectivity index (χ0v) is 20.4. The summed E-state index contributed by atoms with van der Waals surface area (Å²) >= 11 is 0.693. The van der Waals surface area contributed by atoms with Crippen LogP contribution in [-0.4, -0.2) is 55.0 Å². The standard InChI is InChI=1S/C21H18N4O9S2/c1-4-9-23-20(26)19(11-13-10-17(33-2)18(34-3)12-16(13)25(29)30)35-21(23)22-36(31,32)15-7-5-14(6-8-15)24(27)28/h4-8,10-12H,1,9H2,2-3H3/b19-11-,22-21?. The smallest absolute Gasteiger partial charge is 0.284 e. The van der Waals surface area contributed by atoms with Gasteiger partial charge in [-0.25, -0.2) is 0 Å². The van der Waals surface area contributed by atoms with Crippen molar-refractivity contribution < 1.29 is 32.5 Å². The first-order valence-corrected chi connectivity index (χ1v) is 12.1. The zero-order chi connectivity index (χ0) is 26.6. The van der Waals surface area contributed by atoms with Crippen LogP contribution in [0.4, 0.5) is 11.4 Å². The van der Waals surface area contributed by atoms with E-state index in [2.05, 4.69) is 11.0 Å². The van der Waals surface area contributed by atoms with Crippen molar-refractivity contribution in [1.82, 2.24) is 4.90 Å². The predicted octanol–water partition coefficient (Wildman–Crippen LogP) is 3.37. The fourth-order valence-corrected chi connectivity index (χ4v) is 5.24. The molecule has 1 amide bonds. The predicted molar refractivity (Wildman–Crippen MR) is 131 cm³/mol. The summed E-state index contributed by atoms with van der Waals surface area (Å²) in [5, 5.41) is 22.2. The Bertz CT molecular complexity index is 1420. The molecule has 1 fully saturated rings. The number of amides is 1. The van der Waals surface area contributed by atoms with Gasteiger partial charge in [-0.2, -0.15) is 8.42 Å². The second kappa shape index (κ2) is 10.6. The lowest BCUT2D eigenvalue weighted by atomic mass is 10.1. The number of thioether (sulfide) groups is 1. The van der Waals surface area contributed by atoms with Crippen LogP contribution in [0.25, 0.3) is 6.08 Å². The summed E-state index contributed by atoms with van der Waals surface area (Å²) in [6, 6.07) is 6.55. The number of non-ortho nitro benzene ring substituents is 1. The Morgan fingerprint density at radius 1 is 1.08 bits per heavy atom. The number of carbonyl (C=O) groups is 1. The molecule has 15 heteroatoms. The number of benzene rings is 2. The van der Waals surface area contributed by atoms with Crippen LogP contribution < -0.4 is 9.47 Å². The number of nitro benzene ring substituents is 2. The first-order valence-electron chi connectivity index (χ1n) is 9.84. The van der Waals surface area contributed by atoms with Crippen molar-refractivity contribution >= 4 is 50.3 Å². The van der Waals surface area contributed by atoms with Gasteiger partial charge in [0.25, 0.3) is 27.3 Å². The Balaban J connectivity index is 2.07. The summed E-state index contributed by atoms with van der Waals surface area (Å²) in [6.45, 7) is 3.46. The average molecular weight is 535 g/mol. The molecule has 0 aliphatic carbocycles. The van der Waals surface area contributed by atoms with Crippen molar-refractivity contribution in [2.45, 2.75) is 4.90 Å². The third-order valence-electron chi connectivity index (χ3n) is 4.76. The number of carbonyl (C=O) groups excluding carboxylic acids is 1. The van der Waals surface area contributed by atoms with Gasteiger partial charge < -0.3 is 9.47 Å². The van der Waals surface area contributed by atoms with E-state index in [9.17, 15) is 33.4 Å². The fraction of sp³-hybridized carbons (Fsp3) is 0.143. The molecule has 0 saturated carbocycles. The number of sulfonamides is 1. The third kappa shape index (κ3) is 5.36. The Kier molecular flexibility index (Phi) is 7.74. The molecule has 0 N–H and O–H groups in total. The molecule has 0 spiro atoms. The SMILES string of the molecule is C=CCN1C(=O)/C(=C/c2cc(OC)c(OC)cc2[N+](=O)[O-])SC1=NS(=O)(=O)c1ccc([N+](=O)[O-])cc1. The summed E-state index contributed by atoms with van der Waals surface area (Å²) in [4.78, 5) is 34.8. The summed E-state index contributed by atoms with van der Waals surface area (Å²) in [5.74, 6) is -0.355. The lowest BCUT2D eigenvalue weighted by Crippen LogP contribution is -2.29. The number of methoxy groups -OCH3 is 2. The lowest BCUT2D eigenvalue weighted by molar-refractivity contribution is -0.385. The molecule has 1 aliphatic rings. The van der Waals surface area contributed by atoms with Gasteiger partial charge in [-0.3, -0.25) is 29.9 Å². The van der Waals surface area contributed by atoms with Crippen LogP contribution in [0.1, 0.15) is 5.56 Å². The molecule has 0 bridgehead atoms. The average Bonchev–Trinajstić information content (AvgIpc) is 3.12. The molecule has 0 radical (unpaired) electrons. The maximum Gasteiger partial charge on any atom is 0.284 e. The van der Waals surface area contributed by atoms with Crippen LogP contribution in [0.5, 0.6) is 11.5 Å². The van der Waals surface area contributed by atoms with Gasteiger partial charge in [0.1, 0.15) is 0 Å². The largest absolute Gasteiger partial charge is 0.493 e. The molecule has 0 aromatic heterocycles. The molecule has 1 aliphatic heterocycles. The number of nitrogens with zero attached hydrogens (tertiary/aromatic N) is 4. The van der Waals surface area contributed by atoms with Crippen molar-refractivity contribution in [2.75, 3.05) is 20.8 Å². The number of hydrogen-bond donors (Lipinski definition) is 0. The molecule has 0 unspecified atom stereocenters. The maximum absolute atomic E-state index is 13.0. The molecule has 188 valence electrons. The highest BCUT2D eigenvalue weighted by molar-refractivity contribution is 8.19. The minimum absolute atomic E-state index is 0.0199. The van der Waals surface area contributed by atoms with Gasteiger partial charge in [-0.15, -0.1) is 11.0 Å². The van der Waals surface area contributed by atoms with E-state index in [1.807, 2.05) is 0 Å². The molecule has 1 heterocycles. The number of nitro groups is 2. The summed E-state index contributed by atoms with van der Waals surface area (Å²) in [6.07, 6.45) is 2.58. The topological polar surface area (TPSA) is 172 Å². The molecule has 3 rings (SSSR count). The summed E-state index contributed by atoms with van der Waals surface area (Å²) in [7, 11) is -1.69. The lowest BCUT2D eigenvalue weighted by Gasteiger charge is -2.12. The van der Waals surface area contributed by atoms with Gasteiger partial charge in [0.15, 0.2) is 16.7 Å². The van der Waals surface area contributed by atoms with E-state index in [0.29, 0.717) is 11.8 Å². The first-order chi connectivity index (χ1) is 17.0. The van der Waals surface area contributed by atoms with E-state index < -0.39 is 25.8 Å². The Morgan fingerprint density at radius 2 is 1.69 bits per heavy atom. The van der Waals surface area contributed by atoms with E-state index in [0.717, 1.165) is 35.2 Å². The van der Waals surface area contributed by atoms with E-state index >= 15 is 0 Å². The number of hydrogen-bond acceptors (Lipinski definition) is 10. The second-order valence-corrected chi connectivity index (χ2v) is 9.55. The molecular formula is C21H18N4O9S2. The van der Waals surface area contributed by atoms with Gasteiger partial charge in [0.2, 0.25) is 0 Å². The third-order valence-corrected chi connectivity index (χ3v) is 7.16. The van der Waals surface area contributed by atoms with Crippen LogP contribution in [0.3, 0.4) is 0 Å². The highest BCUT2D eigenvalue weighted by Gasteiger charge is 2.35. The molecule has 2 aromatic rings. The molecular weight excluding hydrogens is 516 g/mol. The molecule has 1 saturated heterocycles. The summed E-state index contributed by atoms with van der Waals surface area (Å²) in [5.41, 5.74) is -0.652. The maximum atomic E-state index is 13.0. The van der Waals surface area contributed by atoms with E-state index in [1.165, 1.54) is 32.4 Å². The van der Waals surface area contributed by atoms with Gasteiger partial charge >= 0.3 is 0 Å². The normalized spacial score (nSPS) is 15.8. The Hall–Kier alpha value is -4.24. The Morgan fingerprint density at radius 3 is 2.22 bits per heavy atom. The van der Waals surface area contributed by atoms with Crippen molar-refractivity contribution in [3.63, 3.8) is 0 Å². The van der Waals surface area contributed by atoms with Gasteiger partial charge in [0, 0.05) is 18.7 Å². The van der Waals surface area contributed by atoms with Gasteiger partial charge in [-0.1, -0.05) is 6.08 Å². The van der Waals surface area contributed by atoms with Crippen LogP contribution in [0, 0.1) is 20.2 Å².